The Morgan fingerprint density at radius 1 is 1.29 bits per heavy atom. The average molecular weight is 297 g/mol. The number of esters is 1. The number of ether oxygens (including phenoxy) is 1. The molecule has 1 aromatic carbocycles. The van der Waals surface area contributed by atoms with E-state index in [0.29, 0.717) is 5.56 Å². The summed E-state index contributed by atoms with van der Waals surface area (Å²) < 4.78 is 6.01. The lowest BCUT2D eigenvalue weighted by molar-refractivity contribution is -0.150. The monoisotopic (exact) mass is 296 g/mol. The van der Waals surface area contributed by atoms with Gasteiger partial charge < -0.3 is 10.3 Å². The second-order valence-electron chi connectivity index (χ2n) is 4.46. The van der Waals surface area contributed by atoms with E-state index < -0.39 is 11.6 Å². The van der Waals surface area contributed by atoms with E-state index in [-0.39, 0.29) is 5.71 Å². The van der Waals surface area contributed by atoms with Crippen molar-refractivity contribution in [3.63, 3.8) is 0 Å². The number of hydrogen-bond donors (Lipinski definition) is 0. The van der Waals surface area contributed by atoms with Gasteiger partial charge in [0.25, 0.3) is 0 Å². The second-order valence-corrected chi connectivity index (χ2v) is 5.37. The first-order valence-electron chi connectivity index (χ1n) is 5.05. The fourth-order valence-corrected chi connectivity index (χ4v) is 1.41. The molecule has 1 aromatic rings. The van der Waals surface area contributed by atoms with E-state index >= 15 is 0 Å². The second kappa shape index (κ2) is 5.25. The number of rotatable bonds is 2. The summed E-state index contributed by atoms with van der Waals surface area (Å²) >= 11 is 3.28. The maximum Gasteiger partial charge on any atom is 0.422 e. The quantitative estimate of drug-likeness (QED) is 0.365. The van der Waals surface area contributed by atoms with Crippen molar-refractivity contribution < 1.29 is 14.3 Å². The predicted octanol–water partition coefficient (Wildman–Crippen LogP) is 2.81. The third-order valence-electron chi connectivity index (χ3n) is 1.81. The molecule has 90 valence electrons. The molecule has 0 saturated heterocycles. The highest BCUT2D eigenvalue weighted by Gasteiger charge is 2.28. The van der Waals surface area contributed by atoms with Crippen molar-refractivity contribution in [2.45, 2.75) is 26.4 Å². The Bertz CT molecular complexity index is 468. The van der Waals surface area contributed by atoms with E-state index in [1.54, 1.807) is 45.0 Å². The Morgan fingerprint density at radius 2 is 1.82 bits per heavy atom. The van der Waals surface area contributed by atoms with Crippen LogP contribution in [-0.2, 0) is 9.53 Å². The Labute approximate surface area is 108 Å². The first-order valence-corrected chi connectivity index (χ1v) is 5.84. The molecule has 0 aliphatic carbocycles. The maximum absolute atomic E-state index is 11.8. The first kappa shape index (κ1) is 13.6. The van der Waals surface area contributed by atoms with Gasteiger partial charge in [0.2, 0.25) is 0 Å². The van der Waals surface area contributed by atoms with Gasteiger partial charge in [0.15, 0.2) is 0 Å². The topological polar surface area (TPSA) is 62.7 Å². The van der Waals surface area contributed by atoms with E-state index in [4.69, 9.17) is 10.3 Å². The van der Waals surface area contributed by atoms with Gasteiger partial charge in [0.1, 0.15) is 5.60 Å². The molecular weight excluding hydrogens is 284 g/mol. The number of nitrogens with zero attached hydrogens (tertiary/aromatic N) is 2. The van der Waals surface area contributed by atoms with Crippen LogP contribution in [0.3, 0.4) is 0 Å². The normalized spacial score (nSPS) is 10.6. The van der Waals surface area contributed by atoms with Crippen LogP contribution in [0.1, 0.15) is 26.3 Å². The molecule has 0 aliphatic rings. The Balaban J connectivity index is 2.98. The van der Waals surface area contributed by atoms with Crippen molar-refractivity contribution in [3.05, 3.63) is 39.8 Å². The van der Waals surface area contributed by atoms with Crippen molar-refractivity contribution in [3.8, 4) is 0 Å². The highest BCUT2D eigenvalue weighted by atomic mass is 79.9. The van der Waals surface area contributed by atoms with Crippen LogP contribution in [0.15, 0.2) is 28.7 Å². The average Bonchev–Trinajstić information content (AvgIpc) is 2.19. The van der Waals surface area contributed by atoms with Crippen LogP contribution >= 0.6 is 15.9 Å². The summed E-state index contributed by atoms with van der Waals surface area (Å²) in [6, 6.07) is 6.85. The van der Waals surface area contributed by atoms with Gasteiger partial charge in [-0.2, -0.15) is 4.79 Å². The third-order valence-corrected chi connectivity index (χ3v) is 2.34. The fourth-order valence-electron chi connectivity index (χ4n) is 1.15. The summed E-state index contributed by atoms with van der Waals surface area (Å²) in [6.45, 7) is 5.25. The molecule has 0 bridgehead atoms. The summed E-state index contributed by atoms with van der Waals surface area (Å²) in [7, 11) is 0. The van der Waals surface area contributed by atoms with Gasteiger partial charge in [-0.15, -0.1) is 0 Å². The van der Waals surface area contributed by atoms with Gasteiger partial charge in [0, 0.05) is 4.47 Å². The van der Waals surface area contributed by atoms with Crippen LogP contribution in [0.2, 0.25) is 0 Å². The zero-order valence-electron chi connectivity index (χ0n) is 9.90. The standard InChI is InChI=1S/C12H13BrN2O2/c1-12(2,3)17-11(16)10(15-14)8-4-6-9(13)7-5-8/h4-7H,1-3H3. The van der Waals surface area contributed by atoms with Gasteiger partial charge in [-0.3, -0.25) is 0 Å². The number of carbonyl (C=O) groups excluding carboxylic acids is 1. The number of carbonyl (C=O) groups is 1. The first-order chi connectivity index (χ1) is 7.83. The van der Waals surface area contributed by atoms with E-state index in [2.05, 4.69) is 20.7 Å². The predicted molar refractivity (Wildman–Crippen MR) is 67.7 cm³/mol. The molecule has 0 unspecified atom stereocenters. The van der Waals surface area contributed by atoms with Gasteiger partial charge >= 0.3 is 11.7 Å². The summed E-state index contributed by atoms with van der Waals surface area (Å²) in [6.07, 6.45) is 0. The molecule has 0 aliphatic heterocycles. The molecule has 0 saturated carbocycles. The fraction of sp³-hybridized carbons (Fsp3) is 0.333. The number of benzene rings is 1. The van der Waals surface area contributed by atoms with Crippen LogP contribution in [-0.4, -0.2) is 22.1 Å². The molecule has 0 spiro atoms. The van der Waals surface area contributed by atoms with Crippen LogP contribution in [0.4, 0.5) is 0 Å². The lowest BCUT2D eigenvalue weighted by Gasteiger charge is -2.17. The number of halogens is 1. The molecule has 0 N–H and O–H groups in total. The molecule has 0 fully saturated rings. The minimum atomic E-state index is -0.651. The van der Waals surface area contributed by atoms with Crippen molar-refractivity contribution >= 4 is 27.6 Å². The molecule has 0 amide bonds. The highest BCUT2D eigenvalue weighted by Crippen LogP contribution is 2.13. The van der Waals surface area contributed by atoms with Crippen LogP contribution in [0.5, 0.6) is 0 Å². The van der Waals surface area contributed by atoms with Crippen molar-refractivity contribution in [2.24, 2.45) is 0 Å². The van der Waals surface area contributed by atoms with Crippen molar-refractivity contribution in [1.29, 1.82) is 0 Å². The van der Waals surface area contributed by atoms with Crippen LogP contribution < -0.4 is 0 Å². The SMILES string of the molecule is CC(C)(C)OC(=O)C(=[N+]=[N-])c1ccc(Br)cc1. The van der Waals surface area contributed by atoms with E-state index in [9.17, 15) is 4.79 Å². The summed E-state index contributed by atoms with van der Waals surface area (Å²) in [5.74, 6) is -0.651. The van der Waals surface area contributed by atoms with E-state index in [0.717, 1.165) is 4.47 Å². The molecule has 1 rings (SSSR count). The van der Waals surface area contributed by atoms with Gasteiger partial charge in [-0.1, -0.05) is 15.9 Å². The Kier molecular flexibility index (Phi) is 4.21. The largest absolute Gasteiger partial charge is 0.451 e. The minimum Gasteiger partial charge on any atom is -0.451 e. The van der Waals surface area contributed by atoms with Crippen molar-refractivity contribution in [1.82, 2.24) is 0 Å². The summed E-state index contributed by atoms with van der Waals surface area (Å²) in [4.78, 5) is 14.7. The van der Waals surface area contributed by atoms with Gasteiger partial charge in [0.05, 0.1) is 5.56 Å². The van der Waals surface area contributed by atoms with E-state index in [1.165, 1.54) is 0 Å². The maximum atomic E-state index is 11.8. The molecule has 5 heteroatoms. The van der Waals surface area contributed by atoms with Crippen LogP contribution in [0.25, 0.3) is 5.53 Å². The lowest BCUT2D eigenvalue weighted by atomic mass is 10.1. The van der Waals surface area contributed by atoms with Gasteiger partial charge in [-0.05, 0) is 45.0 Å². The molecular formula is C12H13BrN2O2. The molecule has 0 heterocycles. The number of hydrogen-bond acceptors (Lipinski definition) is 2. The van der Waals surface area contributed by atoms with Crippen molar-refractivity contribution in [2.75, 3.05) is 0 Å². The minimum absolute atomic E-state index is 0.104. The smallest absolute Gasteiger partial charge is 0.422 e. The summed E-state index contributed by atoms with van der Waals surface area (Å²) in [5, 5.41) is 0. The van der Waals surface area contributed by atoms with E-state index in [1.807, 2.05) is 0 Å². The Hall–Kier alpha value is -1.45. The van der Waals surface area contributed by atoms with Gasteiger partial charge in [-0.25, -0.2) is 4.79 Å². The van der Waals surface area contributed by atoms with Crippen LogP contribution in [0, 0.1) is 0 Å². The summed E-state index contributed by atoms with van der Waals surface area (Å²) in [5.41, 5.74) is 8.67. The molecule has 17 heavy (non-hydrogen) atoms. The third kappa shape index (κ3) is 4.13. The zero-order valence-corrected chi connectivity index (χ0v) is 11.5. The zero-order chi connectivity index (χ0) is 13.1. The molecule has 0 radical (unpaired) electrons. The molecule has 0 aromatic heterocycles. The Morgan fingerprint density at radius 3 is 2.24 bits per heavy atom. The molecule has 0 atom stereocenters. The molecule has 4 nitrogen and oxygen atoms in total. The highest BCUT2D eigenvalue weighted by molar-refractivity contribution is 9.10. The lowest BCUT2D eigenvalue weighted by Crippen LogP contribution is -2.30.